The van der Waals surface area contributed by atoms with Crippen molar-refractivity contribution in [2.75, 3.05) is 13.2 Å². The summed E-state index contributed by atoms with van der Waals surface area (Å²) in [7, 11) is 0. The summed E-state index contributed by atoms with van der Waals surface area (Å²) in [5.74, 6) is 0.612. The lowest BCUT2D eigenvalue weighted by atomic mass is 9.66. The van der Waals surface area contributed by atoms with Gasteiger partial charge in [-0.3, -0.25) is 0 Å². The van der Waals surface area contributed by atoms with Crippen molar-refractivity contribution in [3.8, 4) is 0 Å². The topological polar surface area (TPSA) is 35.2 Å². The van der Waals surface area contributed by atoms with Gasteiger partial charge in [-0.2, -0.15) is 0 Å². The summed E-state index contributed by atoms with van der Waals surface area (Å²) in [6, 6.07) is 7.86. The van der Waals surface area contributed by atoms with Crippen LogP contribution in [0.2, 0.25) is 5.02 Å². The molecule has 0 spiro atoms. The molecule has 16 heavy (non-hydrogen) atoms. The fourth-order valence-electron chi connectivity index (χ4n) is 2.39. The van der Waals surface area contributed by atoms with Crippen LogP contribution in [-0.2, 0) is 10.3 Å². The molecule has 1 saturated carbocycles. The first-order chi connectivity index (χ1) is 7.64. The molecule has 1 aromatic rings. The van der Waals surface area contributed by atoms with E-state index in [9.17, 15) is 0 Å². The van der Waals surface area contributed by atoms with Gasteiger partial charge < -0.3 is 10.5 Å². The van der Waals surface area contributed by atoms with Crippen LogP contribution < -0.4 is 5.73 Å². The number of nitrogens with two attached hydrogens (primary N) is 1. The van der Waals surface area contributed by atoms with Gasteiger partial charge in [0.1, 0.15) is 0 Å². The maximum atomic E-state index is 6.34. The molecule has 0 unspecified atom stereocenters. The molecule has 0 aliphatic heterocycles. The second kappa shape index (κ2) is 4.74. The Balaban J connectivity index is 1.94. The molecule has 2 N–H and O–H groups in total. The molecule has 2 rings (SSSR count). The lowest BCUT2D eigenvalue weighted by Gasteiger charge is -2.45. The molecule has 0 aromatic heterocycles. The van der Waals surface area contributed by atoms with Crippen molar-refractivity contribution in [1.29, 1.82) is 0 Å². The van der Waals surface area contributed by atoms with Crippen molar-refractivity contribution in [3.05, 3.63) is 34.9 Å². The molecular weight excluding hydrogens is 222 g/mol. The molecular formula is C13H18ClNO. The van der Waals surface area contributed by atoms with Crippen molar-refractivity contribution in [1.82, 2.24) is 0 Å². The van der Waals surface area contributed by atoms with Gasteiger partial charge in [0.05, 0.1) is 0 Å². The van der Waals surface area contributed by atoms with Crippen LogP contribution in [0.3, 0.4) is 0 Å². The van der Waals surface area contributed by atoms with E-state index < -0.39 is 0 Å². The first-order valence-electron chi connectivity index (χ1n) is 5.77. The molecule has 1 fully saturated rings. The Bertz CT molecular complexity index is 343. The average molecular weight is 240 g/mol. The summed E-state index contributed by atoms with van der Waals surface area (Å²) < 4.78 is 5.41. The second-order valence-corrected chi connectivity index (χ2v) is 5.03. The van der Waals surface area contributed by atoms with E-state index in [1.165, 1.54) is 5.56 Å². The van der Waals surface area contributed by atoms with E-state index in [-0.39, 0.29) is 5.54 Å². The van der Waals surface area contributed by atoms with Crippen molar-refractivity contribution >= 4 is 11.6 Å². The smallest absolute Gasteiger partial charge is 0.0495 e. The molecule has 0 atom stereocenters. The van der Waals surface area contributed by atoms with E-state index in [1.54, 1.807) is 0 Å². The predicted molar refractivity (Wildman–Crippen MR) is 66.5 cm³/mol. The Morgan fingerprint density at radius 3 is 2.56 bits per heavy atom. The lowest BCUT2D eigenvalue weighted by Crippen LogP contribution is -2.50. The SMILES string of the molecule is CCOCC1CC(N)(c2ccc(Cl)cc2)C1. The number of benzene rings is 1. The van der Waals surface area contributed by atoms with Gasteiger partial charge in [-0.25, -0.2) is 0 Å². The molecule has 88 valence electrons. The Labute approximate surface area is 102 Å². The summed E-state index contributed by atoms with van der Waals surface area (Å²) in [6.07, 6.45) is 2.02. The Kier molecular flexibility index (Phi) is 3.53. The minimum atomic E-state index is -0.160. The minimum Gasteiger partial charge on any atom is -0.381 e. The molecule has 3 heteroatoms. The Morgan fingerprint density at radius 1 is 1.38 bits per heavy atom. The van der Waals surface area contributed by atoms with Crippen molar-refractivity contribution in [3.63, 3.8) is 0 Å². The van der Waals surface area contributed by atoms with Crippen LogP contribution in [-0.4, -0.2) is 13.2 Å². The van der Waals surface area contributed by atoms with Gasteiger partial charge in [0.15, 0.2) is 0 Å². The monoisotopic (exact) mass is 239 g/mol. The van der Waals surface area contributed by atoms with Gasteiger partial charge in [-0.15, -0.1) is 0 Å². The number of halogens is 1. The van der Waals surface area contributed by atoms with E-state index >= 15 is 0 Å². The largest absolute Gasteiger partial charge is 0.381 e. The van der Waals surface area contributed by atoms with Crippen molar-refractivity contribution in [2.45, 2.75) is 25.3 Å². The molecule has 0 heterocycles. The van der Waals surface area contributed by atoms with E-state index in [2.05, 4.69) is 0 Å². The zero-order chi connectivity index (χ0) is 11.6. The number of hydrogen-bond acceptors (Lipinski definition) is 2. The second-order valence-electron chi connectivity index (χ2n) is 4.60. The number of hydrogen-bond donors (Lipinski definition) is 1. The van der Waals surface area contributed by atoms with Crippen molar-refractivity contribution < 1.29 is 4.74 Å². The molecule has 1 aromatic carbocycles. The quantitative estimate of drug-likeness (QED) is 0.877. The van der Waals surface area contributed by atoms with Gasteiger partial charge in [0, 0.05) is 23.8 Å². The van der Waals surface area contributed by atoms with E-state index in [0.717, 1.165) is 31.1 Å². The standard InChI is InChI=1S/C13H18ClNO/c1-2-16-9-10-7-13(15,8-10)11-3-5-12(14)6-4-11/h3-6,10H,2,7-9,15H2,1H3. The summed E-state index contributed by atoms with van der Waals surface area (Å²) >= 11 is 5.86. The fourth-order valence-corrected chi connectivity index (χ4v) is 2.52. The predicted octanol–water partition coefficient (Wildman–Crippen LogP) is 2.94. The van der Waals surface area contributed by atoms with Crippen LogP contribution in [0.5, 0.6) is 0 Å². The molecule has 0 amide bonds. The molecule has 0 radical (unpaired) electrons. The zero-order valence-electron chi connectivity index (χ0n) is 9.58. The van der Waals surface area contributed by atoms with Crippen LogP contribution in [0.1, 0.15) is 25.3 Å². The Morgan fingerprint density at radius 2 is 2.00 bits per heavy atom. The van der Waals surface area contributed by atoms with E-state index in [1.807, 2.05) is 31.2 Å². The van der Waals surface area contributed by atoms with E-state index in [0.29, 0.717) is 5.92 Å². The first-order valence-corrected chi connectivity index (χ1v) is 6.14. The minimum absolute atomic E-state index is 0.160. The van der Waals surface area contributed by atoms with Crippen LogP contribution in [0.4, 0.5) is 0 Å². The maximum absolute atomic E-state index is 6.34. The summed E-state index contributed by atoms with van der Waals surface area (Å²) in [5, 5.41) is 0.762. The van der Waals surface area contributed by atoms with Gasteiger partial charge in [0.25, 0.3) is 0 Å². The Hall–Kier alpha value is -0.570. The number of rotatable bonds is 4. The molecule has 1 aliphatic carbocycles. The fraction of sp³-hybridized carbons (Fsp3) is 0.538. The van der Waals surface area contributed by atoms with Crippen LogP contribution in [0, 0.1) is 5.92 Å². The average Bonchev–Trinajstić information content (AvgIpc) is 2.24. The highest BCUT2D eigenvalue weighted by atomic mass is 35.5. The highest BCUT2D eigenvalue weighted by molar-refractivity contribution is 6.30. The molecule has 1 aliphatic rings. The lowest BCUT2D eigenvalue weighted by molar-refractivity contribution is 0.0343. The van der Waals surface area contributed by atoms with Crippen LogP contribution in [0.15, 0.2) is 24.3 Å². The third-order valence-electron chi connectivity index (χ3n) is 3.28. The highest BCUT2D eigenvalue weighted by Gasteiger charge is 2.41. The molecule has 0 bridgehead atoms. The van der Waals surface area contributed by atoms with Gasteiger partial charge >= 0.3 is 0 Å². The molecule has 0 saturated heterocycles. The van der Waals surface area contributed by atoms with E-state index in [4.69, 9.17) is 22.1 Å². The van der Waals surface area contributed by atoms with Gasteiger partial charge in [-0.05, 0) is 43.4 Å². The van der Waals surface area contributed by atoms with Crippen LogP contribution in [0.25, 0.3) is 0 Å². The normalized spacial score (nSPS) is 28.8. The third-order valence-corrected chi connectivity index (χ3v) is 3.53. The van der Waals surface area contributed by atoms with Gasteiger partial charge in [-0.1, -0.05) is 23.7 Å². The summed E-state index contributed by atoms with van der Waals surface area (Å²) in [4.78, 5) is 0. The maximum Gasteiger partial charge on any atom is 0.0495 e. The van der Waals surface area contributed by atoms with Crippen LogP contribution >= 0.6 is 11.6 Å². The third kappa shape index (κ3) is 2.40. The zero-order valence-corrected chi connectivity index (χ0v) is 10.3. The number of ether oxygens (including phenoxy) is 1. The summed E-state index contributed by atoms with van der Waals surface area (Å²) in [6.45, 7) is 3.64. The summed E-state index contributed by atoms with van der Waals surface area (Å²) in [5.41, 5.74) is 7.36. The van der Waals surface area contributed by atoms with Crippen molar-refractivity contribution in [2.24, 2.45) is 11.7 Å². The molecule has 2 nitrogen and oxygen atoms in total. The highest BCUT2D eigenvalue weighted by Crippen LogP contribution is 2.43. The first kappa shape index (κ1) is 11.9. The van der Waals surface area contributed by atoms with Gasteiger partial charge in [0.2, 0.25) is 0 Å².